The number of nitrogens with zero attached hydrogens (tertiary/aromatic N) is 3. The predicted molar refractivity (Wildman–Crippen MR) is 131 cm³/mol. The number of piperidine rings is 1. The maximum absolute atomic E-state index is 5.73. The molecular formula is C21H34IN5OS. The van der Waals surface area contributed by atoms with Gasteiger partial charge in [-0.2, -0.15) is 0 Å². The molecule has 2 aromatic heterocycles. The van der Waals surface area contributed by atoms with Crippen LogP contribution in [0.1, 0.15) is 55.1 Å². The fourth-order valence-electron chi connectivity index (χ4n) is 3.58. The number of thiazole rings is 1. The van der Waals surface area contributed by atoms with Crippen molar-refractivity contribution in [2.45, 2.75) is 52.0 Å². The normalized spacial score (nSPS) is 16.3. The molecule has 1 fully saturated rings. The molecule has 0 bridgehead atoms. The Morgan fingerprint density at radius 3 is 2.79 bits per heavy atom. The van der Waals surface area contributed by atoms with Gasteiger partial charge in [-0.1, -0.05) is 6.42 Å². The first-order chi connectivity index (χ1) is 13.8. The van der Waals surface area contributed by atoms with Crippen LogP contribution in [0, 0.1) is 6.92 Å². The van der Waals surface area contributed by atoms with E-state index in [0.717, 1.165) is 56.4 Å². The lowest BCUT2D eigenvalue weighted by Gasteiger charge is -2.32. The molecular weight excluding hydrogens is 497 g/mol. The summed E-state index contributed by atoms with van der Waals surface area (Å²) in [6.07, 6.45) is 7.66. The molecule has 8 heteroatoms. The van der Waals surface area contributed by atoms with Crippen molar-refractivity contribution >= 4 is 41.3 Å². The fraction of sp³-hybridized carbons (Fsp3) is 0.619. The molecule has 0 saturated carbocycles. The Bertz CT molecular complexity index is 712. The molecule has 6 nitrogen and oxygen atoms in total. The number of hydrogen-bond acceptors (Lipinski definition) is 5. The number of guanidine groups is 1. The second kappa shape index (κ2) is 13.2. The Hall–Kier alpha value is -1.13. The van der Waals surface area contributed by atoms with Crippen molar-refractivity contribution in [2.24, 2.45) is 4.99 Å². The molecule has 0 radical (unpaired) electrons. The summed E-state index contributed by atoms with van der Waals surface area (Å²) in [5, 5.41) is 10.2. The maximum atomic E-state index is 5.73. The van der Waals surface area contributed by atoms with E-state index in [0.29, 0.717) is 6.54 Å². The number of aryl methyl sites for hydroxylation is 2. The Labute approximate surface area is 195 Å². The third-order valence-electron chi connectivity index (χ3n) is 5.00. The van der Waals surface area contributed by atoms with Crippen LogP contribution in [0.4, 0.5) is 0 Å². The summed E-state index contributed by atoms with van der Waals surface area (Å²) in [7, 11) is 0. The van der Waals surface area contributed by atoms with E-state index < -0.39 is 0 Å². The number of hydrogen-bond donors (Lipinski definition) is 2. The van der Waals surface area contributed by atoms with Crippen molar-refractivity contribution in [2.75, 3.05) is 32.7 Å². The molecule has 1 saturated heterocycles. The zero-order valence-corrected chi connectivity index (χ0v) is 20.7. The minimum atomic E-state index is 0. The Morgan fingerprint density at radius 2 is 2.14 bits per heavy atom. The lowest BCUT2D eigenvalue weighted by Crippen LogP contribution is -2.40. The Balaban J connectivity index is 0.00000300. The molecule has 2 aromatic rings. The third-order valence-corrected chi connectivity index (χ3v) is 6.02. The number of aromatic nitrogens is 1. The zero-order chi connectivity index (χ0) is 19.6. The van der Waals surface area contributed by atoms with Gasteiger partial charge in [0.25, 0.3) is 0 Å². The topological polar surface area (TPSA) is 65.7 Å². The molecule has 2 N–H and O–H groups in total. The van der Waals surface area contributed by atoms with Gasteiger partial charge in [-0.3, -0.25) is 9.89 Å². The molecule has 1 aliphatic rings. The number of nitrogens with one attached hydrogen (secondary N) is 2. The second-order valence-corrected chi connectivity index (χ2v) is 8.20. The van der Waals surface area contributed by atoms with E-state index in [1.165, 1.54) is 24.3 Å². The van der Waals surface area contributed by atoms with Crippen LogP contribution in [0.3, 0.4) is 0 Å². The first-order valence-electron chi connectivity index (χ1n) is 10.5. The van der Waals surface area contributed by atoms with Gasteiger partial charge in [-0.25, -0.2) is 4.98 Å². The van der Waals surface area contributed by atoms with Crippen LogP contribution in [0.2, 0.25) is 0 Å². The molecule has 162 valence electrons. The highest BCUT2D eigenvalue weighted by atomic mass is 127. The van der Waals surface area contributed by atoms with Gasteiger partial charge in [0.2, 0.25) is 0 Å². The van der Waals surface area contributed by atoms with Gasteiger partial charge >= 0.3 is 0 Å². The fourth-order valence-corrected chi connectivity index (χ4v) is 4.40. The molecule has 3 heterocycles. The molecule has 0 spiro atoms. The van der Waals surface area contributed by atoms with Gasteiger partial charge in [0.05, 0.1) is 23.9 Å². The number of furan rings is 1. The van der Waals surface area contributed by atoms with E-state index >= 15 is 0 Å². The lowest BCUT2D eigenvalue weighted by molar-refractivity contribution is 0.150. The molecule has 1 unspecified atom stereocenters. The molecule has 29 heavy (non-hydrogen) atoms. The van der Waals surface area contributed by atoms with E-state index in [-0.39, 0.29) is 30.0 Å². The number of aliphatic imine (C=N–C) groups is 1. The molecule has 3 rings (SSSR count). The van der Waals surface area contributed by atoms with Crippen molar-refractivity contribution in [3.63, 3.8) is 0 Å². The van der Waals surface area contributed by atoms with Crippen LogP contribution >= 0.6 is 35.3 Å². The average molecular weight is 532 g/mol. The second-order valence-electron chi connectivity index (χ2n) is 7.26. The predicted octanol–water partition coefficient (Wildman–Crippen LogP) is 4.38. The molecule has 0 aliphatic carbocycles. The van der Waals surface area contributed by atoms with Gasteiger partial charge < -0.3 is 15.1 Å². The maximum Gasteiger partial charge on any atom is 0.191 e. The number of likely N-dealkylation sites (tertiary alicyclic amines) is 1. The number of halogens is 1. The summed E-state index contributed by atoms with van der Waals surface area (Å²) in [6, 6.07) is 4.26. The lowest BCUT2D eigenvalue weighted by atomic mass is 10.1. The van der Waals surface area contributed by atoms with Gasteiger partial charge in [0, 0.05) is 30.6 Å². The van der Waals surface area contributed by atoms with Crippen molar-refractivity contribution in [3.8, 4) is 0 Å². The van der Waals surface area contributed by atoms with Gasteiger partial charge in [0.15, 0.2) is 5.96 Å². The smallest absolute Gasteiger partial charge is 0.191 e. The quantitative estimate of drug-likeness (QED) is 0.218. The number of rotatable bonds is 9. The first-order valence-corrected chi connectivity index (χ1v) is 11.3. The van der Waals surface area contributed by atoms with Crippen molar-refractivity contribution in [3.05, 3.63) is 40.2 Å². The van der Waals surface area contributed by atoms with Gasteiger partial charge in [-0.05, 0) is 58.3 Å². The summed E-state index contributed by atoms with van der Waals surface area (Å²) in [6.45, 7) is 8.84. The van der Waals surface area contributed by atoms with E-state index in [1.54, 1.807) is 17.6 Å². The summed E-state index contributed by atoms with van der Waals surface area (Å²) in [5.41, 5.74) is 1.12. The van der Waals surface area contributed by atoms with E-state index in [9.17, 15) is 0 Å². The summed E-state index contributed by atoms with van der Waals surface area (Å²) in [4.78, 5) is 11.9. The van der Waals surface area contributed by atoms with Crippen molar-refractivity contribution in [1.82, 2.24) is 20.5 Å². The largest absolute Gasteiger partial charge is 0.468 e. The van der Waals surface area contributed by atoms with Gasteiger partial charge in [0.1, 0.15) is 5.76 Å². The van der Waals surface area contributed by atoms with E-state index in [2.05, 4.69) is 38.9 Å². The average Bonchev–Trinajstić information content (AvgIpc) is 3.38. The zero-order valence-electron chi connectivity index (χ0n) is 17.5. The standard InChI is InChI=1S/C21H33N5OS.HI/c1-3-22-21(23-11-7-10-20-25-17(2)16-28-20)24-15-18(19-9-8-14-27-19)26-12-5-4-6-13-26;/h8-9,14,16,18H,3-7,10-13,15H2,1-2H3,(H2,22,23,24);1H. The molecule has 1 atom stereocenters. The van der Waals surface area contributed by atoms with Gasteiger partial charge in [-0.15, -0.1) is 35.3 Å². The SMILES string of the molecule is CCNC(=NCC(c1ccco1)N1CCCCC1)NCCCc1nc(C)cs1.I. The van der Waals surface area contributed by atoms with Crippen LogP contribution in [-0.4, -0.2) is 48.6 Å². The summed E-state index contributed by atoms with van der Waals surface area (Å²) >= 11 is 1.75. The Kier molecular flexibility index (Phi) is 11.0. The molecule has 1 aliphatic heterocycles. The molecule has 0 amide bonds. The molecule has 0 aromatic carbocycles. The van der Waals surface area contributed by atoms with Crippen LogP contribution in [0.5, 0.6) is 0 Å². The van der Waals surface area contributed by atoms with Crippen molar-refractivity contribution < 1.29 is 4.42 Å². The van der Waals surface area contributed by atoms with E-state index in [1.807, 2.05) is 13.0 Å². The Morgan fingerprint density at radius 1 is 1.31 bits per heavy atom. The summed E-state index contributed by atoms with van der Waals surface area (Å²) in [5.74, 6) is 1.90. The highest BCUT2D eigenvalue weighted by Gasteiger charge is 2.24. The van der Waals surface area contributed by atoms with E-state index in [4.69, 9.17) is 9.41 Å². The third kappa shape index (κ3) is 7.90. The first kappa shape index (κ1) is 24.1. The van der Waals surface area contributed by atoms with Crippen LogP contribution in [0.15, 0.2) is 33.2 Å². The highest BCUT2D eigenvalue weighted by molar-refractivity contribution is 14.0. The van der Waals surface area contributed by atoms with Crippen LogP contribution in [0.25, 0.3) is 0 Å². The minimum absolute atomic E-state index is 0. The van der Waals surface area contributed by atoms with Crippen LogP contribution < -0.4 is 10.6 Å². The van der Waals surface area contributed by atoms with Crippen molar-refractivity contribution in [1.29, 1.82) is 0 Å². The summed E-state index contributed by atoms with van der Waals surface area (Å²) < 4.78 is 5.73. The minimum Gasteiger partial charge on any atom is -0.468 e. The highest BCUT2D eigenvalue weighted by Crippen LogP contribution is 2.25. The monoisotopic (exact) mass is 531 g/mol. The van der Waals surface area contributed by atoms with Crippen LogP contribution in [-0.2, 0) is 6.42 Å².